The maximum absolute atomic E-state index is 13.8. The Labute approximate surface area is 215 Å². The SMILES string of the molecule is CC(=O)OC1CC(CNC(=O)c2cccc3cccnc23)N(C(=O)c2ccccc2-c2ccccc2)C1. The van der Waals surface area contributed by atoms with Crippen molar-refractivity contribution in [1.29, 1.82) is 0 Å². The Morgan fingerprint density at radius 1 is 0.919 bits per heavy atom. The number of nitrogens with one attached hydrogen (secondary N) is 1. The number of esters is 1. The van der Waals surface area contributed by atoms with Crippen molar-refractivity contribution >= 4 is 28.7 Å². The number of carbonyl (C=O) groups excluding carboxylic acids is 3. The number of hydrogen-bond donors (Lipinski definition) is 1. The largest absolute Gasteiger partial charge is 0.461 e. The van der Waals surface area contributed by atoms with Crippen LogP contribution < -0.4 is 5.32 Å². The van der Waals surface area contributed by atoms with Gasteiger partial charge in [-0.25, -0.2) is 0 Å². The summed E-state index contributed by atoms with van der Waals surface area (Å²) in [6.45, 7) is 1.84. The Balaban J connectivity index is 1.39. The predicted molar refractivity (Wildman–Crippen MR) is 141 cm³/mol. The Bertz CT molecular complexity index is 1450. The lowest BCUT2D eigenvalue weighted by Gasteiger charge is -2.25. The van der Waals surface area contributed by atoms with Crippen LogP contribution in [0.15, 0.2) is 91.1 Å². The third-order valence-corrected chi connectivity index (χ3v) is 6.59. The van der Waals surface area contributed by atoms with E-state index in [1.165, 1.54) is 6.92 Å². The van der Waals surface area contributed by atoms with E-state index in [4.69, 9.17) is 4.74 Å². The molecule has 2 amide bonds. The summed E-state index contributed by atoms with van der Waals surface area (Å²) in [6.07, 6.45) is 1.66. The van der Waals surface area contributed by atoms with Gasteiger partial charge in [0.25, 0.3) is 11.8 Å². The van der Waals surface area contributed by atoms with Crippen LogP contribution in [0.4, 0.5) is 0 Å². The third-order valence-electron chi connectivity index (χ3n) is 6.59. The van der Waals surface area contributed by atoms with Crippen LogP contribution in [0, 0.1) is 0 Å². The molecule has 3 aromatic carbocycles. The fraction of sp³-hybridized carbons (Fsp3) is 0.200. The van der Waals surface area contributed by atoms with Crippen molar-refractivity contribution in [3.63, 3.8) is 0 Å². The molecule has 2 unspecified atom stereocenters. The molecule has 186 valence electrons. The lowest BCUT2D eigenvalue weighted by molar-refractivity contribution is -0.145. The number of para-hydroxylation sites is 1. The average Bonchev–Trinajstić information content (AvgIpc) is 3.33. The zero-order valence-corrected chi connectivity index (χ0v) is 20.5. The van der Waals surface area contributed by atoms with Gasteiger partial charge in [0.05, 0.1) is 23.7 Å². The number of benzene rings is 3. The molecule has 0 radical (unpaired) electrons. The van der Waals surface area contributed by atoms with Crippen molar-refractivity contribution in [2.75, 3.05) is 13.1 Å². The fourth-order valence-corrected chi connectivity index (χ4v) is 4.92. The summed E-state index contributed by atoms with van der Waals surface area (Å²) < 4.78 is 5.47. The van der Waals surface area contributed by atoms with E-state index in [-0.39, 0.29) is 30.9 Å². The summed E-state index contributed by atoms with van der Waals surface area (Å²) in [4.78, 5) is 44.7. The lowest BCUT2D eigenvalue weighted by atomic mass is 9.98. The Morgan fingerprint density at radius 2 is 1.65 bits per heavy atom. The van der Waals surface area contributed by atoms with Crippen LogP contribution in [0.25, 0.3) is 22.0 Å². The molecule has 1 aromatic heterocycles. The minimum atomic E-state index is -0.438. The molecule has 2 heterocycles. The average molecular weight is 494 g/mol. The minimum absolute atomic E-state index is 0.166. The zero-order valence-electron chi connectivity index (χ0n) is 20.5. The maximum atomic E-state index is 13.8. The first-order chi connectivity index (χ1) is 18.0. The normalized spacial score (nSPS) is 16.9. The van der Waals surface area contributed by atoms with Gasteiger partial charge in [0.15, 0.2) is 0 Å². The van der Waals surface area contributed by atoms with E-state index in [2.05, 4.69) is 10.3 Å². The third kappa shape index (κ3) is 5.21. The van der Waals surface area contributed by atoms with Gasteiger partial charge in [-0.05, 0) is 29.3 Å². The van der Waals surface area contributed by atoms with E-state index in [1.54, 1.807) is 23.2 Å². The molecule has 4 aromatic rings. The van der Waals surface area contributed by atoms with Gasteiger partial charge < -0.3 is 15.0 Å². The molecular weight excluding hydrogens is 466 g/mol. The summed E-state index contributed by atoms with van der Waals surface area (Å²) in [5, 5.41) is 3.85. The number of fused-ring (bicyclic) bond motifs is 1. The van der Waals surface area contributed by atoms with Crippen molar-refractivity contribution in [1.82, 2.24) is 15.2 Å². The van der Waals surface area contributed by atoms with E-state index < -0.39 is 12.1 Å². The smallest absolute Gasteiger partial charge is 0.302 e. The van der Waals surface area contributed by atoms with Crippen LogP contribution in [0.1, 0.15) is 34.1 Å². The van der Waals surface area contributed by atoms with Crippen molar-refractivity contribution < 1.29 is 19.1 Å². The molecular formula is C30H27N3O4. The van der Waals surface area contributed by atoms with Gasteiger partial charge in [-0.15, -0.1) is 0 Å². The molecule has 0 spiro atoms. The van der Waals surface area contributed by atoms with E-state index in [0.717, 1.165) is 16.5 Å². The standard InChI is InChI=1S/C30H27N3O4/c1-20(34)37-24-17-23(18-32-29(35)27-15-7-11-22-12-8-16-31-28(22)27)33(19-24)30(36)26-14-6-5-13-25(26)21-9-3-2-4-10-21/h2-16,23-24H,17-19H2,1H3,(H,32,35). The molecule has 1 aliphatic rings. The molecule has 5 rings (SSSR count). The summed E-state index contributed by atoms with van der Waals surface area (Å²) >= 11 is 0. The second kappa shape index (κ2) is 10.6. The van der Waals surface area contributed by atoms with E-state index >= 15 is 0 Å². The molecule has 7 heteroatoms. The van der Waals surface area contributed by atoms with Crippen LogP contribution in [0.2, 0.25) is 0 Å². The van der Waals surface area contributed by atoms with Crippen LogP contribution in [-0.2, 0) is 9.53 Å². The highest BCUT2D eigenvalue weighted by atomic mass is 16.5. The summed E-state index contributed by atoms with van der Waals surface area (Å²) in [7, 11) is 0. The minimum Gasteiger partial charge on any atom is -0.461 e. The van der Waals surface area contributed by atoms with Gasteiger partial charge in [0.1, 0.15) is 6.10 Å². The molecule has 0 aliphatic carbocycles. The predicted octanol–water partition coefficient (Wildman–Crippen LogP) is 4.48. The maximum Gasteiger partial charge on any atom is 0.302 e. The van der Waals surface area contributed by atoms with Crippen LogP contribution in [0.3, 0.4) is 0 Å². The fourth-order valence-electron chi connectivity index (χ4n) is 4.92. The van der Waals surface area contributed by atoms with Gasteiger partial charge in [-0.2, -0.15) is 0 Å². The lowest BCUT2D eigenvalue weighted by Crippen LogP contribution is -2.43. The molecule has 1 saturated heterocycles. The monoisotopic (exact) mass is 493 g/mol. The molecule has 1 aliphatic heterocycles. The quantitative estimate of drug-likeness (QED) is 0.400. The molecule has 0 bridgehead atoms. The van der Waals surface area contributed by atoms with Crippen molar-refractivity contribution in [2.24, 2.45) is 0 Å². The Hall–Kier alpha value is -4.52. The van der Waals surface area contributed by atoms with E-state index in [9.17, 15) is 14.4 Å². The first kappa shape index (κ1) is 24.2. The number of likely N-dealkylation sites (tertiary alicyclic amines) is 1. The number of carbonyl (C=O) groups is 3. The Morgan fingerprint density at radius 3 is 2.46 bits per heavy atom. The zero-order chi connectivity index (χ0) is 25.8. The van der Waals surface area contributed by atoms with Crippen LogP contribution in [-0.4, -0.2) is 52.9 Å². The number of rotatable bonds is 6. The summed E-state index contributed by atoms with van der Waals surface area (Å²) in [6, 6.07) is 26.1. The van der Waals surface area contributed by atoms with Crippen LogP contribution in [0.5, 0.6) is 0 Å². The number of nitrogens with zero attached hydrogens (tertiary/aromatic N) is 2. The second-order valence-corrected chi connectivity index (χ2v) is 9.08. The molecule has 37 heavy (non-hydrogen) atoms. The topological polar surface area (TPSA) is 88.6 Å². The van der Waals surface area contributed by atoms with E-state index in [0.29, 0.717) is 23.1 Å². The first-order valence-corrected chi connectivity index (χ1v) is 12.3. The first-order valence-electron chi connectivity index (χ1n) is 12.3. The number of aromatic nitrogens is 1. The number of ether oxygens (including phenoxy) is 1. The van der Waals surface area contributed by atoms with Crippen LogP contribution >= 0.6 is 0 Å². The molecule has 1 fully saturated rings. The van der Waals surface area contributed by atoms with Gasteiger partial charge in [-0.1, -0.05) is 66.7 Å². The van der Waals surface area contributed by atoms with Crippen molar-refractivity contribution in [3.05, 3.63) is 102 Å². The highest BCUT2D eigenvalue weighted by Gasteiger charge is 2.38. The summed E-state index contributed by atoms with van der Waals surface area (Å²) in [5.74, 6) is -0.828. The molecule has 2 atom stereocenters. The van der Waals surface area contributed by atoms with E-state index in [1.807, 2.05) is 72.8 Å². The molecule has 1 N–H and O–H groups in total. The highest BCUT2D eigenvalue weighted by molar-refractivity contribution is 6.05. The van der Waals surface area contributed by atoms with Gasteiger partial charge in [0, 0.05) is 37.0 Å². The Kier molecular flexibility index (Phi) is 6.94. The highest BCUT2D eigenvalue weighted by Crippen LogP contribution is 2.28. The van der Waals surface area contributed by atoms with Gasteiger partial charge in [-0.3, -0.25) is 19.4 Å². The number of amides is 2. The van der Waals surface area contributed by atoms with Gasteiger partial charge >= 0.3 is 5.97 Å². The molecule has 0 saturated carbocycles. The van der Waals surface area contributed by atoms with Crippen molar-refractivity contribution in [3.8, 4) is 11.1 Å². The summed E-state index contributed by atoms with van der Waals surface area (Å²) in [5.41, 5.74) is 3.42. The number of pyridine rings is 1. The molecule has 7 nitrogen and oxygen atoms in total. The number of hydrogen-bond acceptors (Lipinski definition) is 5. The van der Waals surface area contributed by atoms with Crippen molar-refractivity contribution in [2.45, 2.75) is 25.5 Å². The second-order valence-electron chi connectivity index (χ2n) is 9.08. The van der Waals surface area contributed by atoms with Gasteiger partial charge in [0.2, 0.25) is 0 Å².